The van der Waals surface area contributed by atoms with Crippen LogP contribution in [0.25, 0.3) is 16.9 Å². The number of carbonyl (C=O) groups excluding carboxylic acids is 2. The average Bonchev–Trinajstić information content (AvgIpc) is 3.20. The van der Waals surface area contributed by atoms with E-state index in [2.05, 4.69) is 0 Å². The van der Waals surface area contributed by atoms with Gasteiger partial charge in [0.2, 0.25) is 0 Å². The molecule has 4 rings (SSSR count). The molecule has 1 fully saturated rings. The van der Waals surface area contributed by atoms with E-state index in [0.717, 1.165) is 0 Å². The van der Waals surface area contributed by atoms with Crippen molar-refractivity contribution < 1.29 is 23.5 Å². The molecule has 8 nitrogen and oxygen atoms in total. The number of fused-ring (bicyclic) bond motifs is 1. The van der Waals surface area contributed by atoms with Crippen molar-refractivity contribution in [3.63, 3.8) is 0 Å². The van der Waals surface area contributed by atoms with Crippen molar-refractivity contribution in [3.8, 4) is 0 Å². The third-order valence-corrected chi connectivity index (χ3v) is 5.80. The van der Waals surface area contributed by atoms with Gasteiger partial charge >= 0.3 is 5.76 Å². The monoisotopic (exact) mass is 453 g/mol. The first kappa shape index (κ1) is 22.5. The zero-order chi connectivity index (χ0) is 23.9. The summed E-state index contributed by atoms with van der Waals surface area (Å²) in [6.07, 6.45) is 0.610. The molecule has 1 saturated heterocycles. The van der Waals surface area contributed by atoms with Crippen LogP contribution in [0.15, 0.2) is 57.2 Å². The minimum atomic E-state index is -0.869. The molecule has 0 bridgehead atoms. The van der Waals surface area contributed by atoms with Gasteiger partial charge in [0.25, 0.3) is 11.7 Å². The molecule has 1 aromatic heterocycles. The Kier molecular flexibility index (Phi) is 5.90. The zero-order valence-electron chi connectivity index (χ0n) is 18.5. The van der Waals surface area contributed by atoms with Crippen LogP contribution in [-0.4, -0.2) is 58.3 Å². The van der Waals surface area contributed by atoms with E-state index in [9.17, 15) is 23.9 Å². The summed E-state index contributed by atoms with van der Waals surface area (Å²) in [6, 6.07) is 9.22. The van der Waals surface area contributed by atoms with E-state index in [4.69, 9.17) is 4.42 Å². The largest absolute Gasteiger partial charge is 0.507 e. The minimum absolute atomic E-state index is 0.0888. The van der Waals surface area contributed by atoms with Gasteiger partial charge in [0.15, 0.2) is 5.58 Å². The lowest BCUT2D eigenvalue weighted by Gasteiger charge is -2.26. The number of benzene rings is 2. The second-order valence-corrected chi connectivity index (χ2v) is 8.31. The van der Waals surface area contributed by atoms with Crippen LogP contribution >= 0.6 is 0 Å². The second-order valence-electron chi connectivity index (χ2n) is 8.31. The van der Waals surface area contributed by atoms with Crippen LogP contribution in [-0.2, 0) is 16.6 Å². The Morgan fingerprint density at radius 2 is 1.82 bits per heavy atom. The number of amides is 1. The molecule has 1 aliphatic rings. The van der Waals surface area contributed by atoms with Gasteiger partial charge in [-0.1, -0.05) is 12.1 Å². The summed E-state index contributed by atoms with van der Waals surface area (Å²) >= 11 is 0. The van der Waals surface area contributed by atoms with Gasteiger partial charge in [-0.15, -0.1) is 0 Å². The highest BCUT2D eigenvalue weighted by atomic mass is 19.1. The minimum Gasteiger partial charge on any atom is -0.507 e. The molecule has 172 valence electrons. The second kappa shape index (κ2) is 8.67. The molecule has 9 heteroatoms. The standard InChI is InChI=1S/C24H24FN3O5/c1-26(2)11-4-12-28-20(14-5-8-16(25)9-6-14)19(22(30)23(28)31)21(29)15-7-10-17-18(13-15)33-24(32)27(17)3/h5-10,13,20,29H,4,11-12H2,1-3H3/b21-19+. The van der Waals surface area contributed by atoms with Crippen LogP contribution in [0.2, 0.25) is 0 Å². The highest BCUT2D eigenvalue weighted by Gasteiger charge is 2.45. The molecule has 0 spiro atoms. The van der Waals surface area contributed by atoms with E-state index in [-0.39, 0.29) is 29.0 Å². The SMILES string of the molecule is CN(C)CCCN1C(=O)C(=O)/C(=C(/O)c2ccc3c(c2)oc(=O)n3C)C1c1ccc(F)cc1. The Morgan fingerprint density at radius 3 is 2.48 bits per heavy atom. The average molecular weight is 453 g/mol. The molecule has 0 saturated carbocycles. The Bertz CT molecular complexity index is 1320. The van der Waals surface area contributed by atoms with Crippen LogP contribution in [0.4, 0.5) is 4.39 Å². The van der Waals surface area contributed by atoms with Crippen molar-refractivity contribution in [2.75, 3.05) is 27.2 Å². The molecular weight excluding hydrogens is 429 g/mol. The van der Waals surface area contributed by atoms with Crippen molar-refractivity contribution in [3.05, 3.63) is 75.5 Å². The van der Waals surface area contributed by atoms with Crippen LogP contribution in [0, 0.1) is 5.82 Å². The Hall–Kier alpha value is -3.72. The number of nitrogens with zero attached hydrogens (tertiary/aromatic N) is 3. The first-order chi connectivity index (χ1) is 15.7. The number of halogens is 1. The number of aliphatic hydroxyl groups excluding tert-OH is 1. The van der Waals surface area contributed by atoms with Crippen LogP contribution < -0.4 is 5.76 Å². The number of likely N-dealkylation sites (tertiary alicyclic amines) is 1. The number of hydrogen-bond donors (Lipinski definition) is 1. The molecule has 2 heterocycles. The molecule has 1 amide bonds. The lowest BCUT2D eigenvalue weighted by atomic mass is 9.95. The summed E-state index contributed by atoms with van der Waals surface area (Å²) in [5, 5.41) is 11.1. The van der Waals surface area contributed by atoms with E-state index in [1.54, 1.807) is 19.2 Å². The Labute approximate surface area is 189 Å². The van der Waals surface area contributed by atoms with Gasteiger partial charge < -0.3 is 19.3 Å². The third-order valence-electron chi connectivity index (χ3n) is 5.80. The normalized spacial score (nSPS) is 18.1. The Morgan fingerprint density at radius 1 is 1.12 bits per heavy atom. The van der Waals surface area contributed by atoms with Gasteiger partial charge in [-0.2, -0.15) is 0 Å². The highest BCUT2D eigenvalue weighted by molar-refractivity contribution is 6.46. The summed E-state index contributed by atoms with van der Waals surface area (Å²) in [4.78, 5) is 41.1. The van der Waals surface area contributed by atoms with E-state index in [0.29, 0.717) is 24.0 Å². The fourth-order valence-corrected chi connectivity index (χ4v) is 4.10. The van der Waals surface area contributed by atoms with Gasteiger partial charge in [-0.3, -0.25) is 14.2 Å². The summed E-state index contributed by atoms with van der Waals surface area (Å²) < 4.78 is 20.1. The fraction of sp³-hybridized carbons (Fsp3) is 0.292. The first-order valence-corrected chi connectivity index (χ1v) is 10.5. The fourth-order valence-electron chi connectivity index (χ4n) is 4.10. The number of hydrogen-bond acceptors (Lipinski definition) is 6. The van der Waals surface area contributed by atoms with Crippen LogP contribution in [0.3, 0.4) is 0 Å². The van der Waals surface area contributed by atoms with Crippen molar-refractivity contribution in [1.82, 2.24) is 14.4 Å². The predicted octanol–water partition coefficient (Wildman–Crippen LogP) is 2.64. The van der Waals surface area contributed by atoms with Crippen molar-refractivity contribution >= 4 is 28.5 Å². The summed E-state index contributed by atoms with van der Waals surface area (Å²) in [5.41, 5.74) is 1.42. The van der Waals surface area contributed by atoms with E-state index >= 15 is 0 Å². The summed E-state index contributed by atoms with van der Waals surface area (Å²) in [6.45, 7) is 0.983. The lowest BCUT2D eigenvalue weighted by Crippen LogP contribution is -2.32. The Balaban J connectivity index is 1.83. The number of Topliss-reactive ketones (excluding diaryl/α,β-unsaturated/α-hetero) is 1. The van der Waals surface area contributed by atoms with Crippen molar-refractivity contribution in [1.29, 1.82) is 0 Å². The van der Waals surface area contributed by atoms with Crippen molar-refractivity contribution in [2.24, 2.45) is 7.05 Å². The quantitative estimate of drug-likeness (QED) is 0.350. The molecule has 33 heavy (non-hydrogen) atoms. The van der Waals surface area contributed by atoms with Gasteiger partial charge in [0, 0.05) is 19.2 Å². The number of ketones is 1. The molecule has 1 aliphatic heterocycles. The maximum absolute atomic E-state index is 13.6. The maximum atomic E-state index is 13.6. The maximum Gasteiger partial charge on any atom is 0.419 e. The number of rotatable bonds is 6. The molecular formula is C24H24FN3O5. The van der Waals surface area contributed by atoms with Gasteiger partial charge in [0.05, 0.1) is 17.1 Å². The number of aryl methyl sites for hydroxylation is 1. The number of oxazole rings is 1. The lowest BCUT2D eigenvalue weighted by molar-refractivity contribution is -0.139. The molecule has 1 N–H and O–H groups in total. The van der Waals surface area contributed by atoms with Crippen molar-refractivity contribution in [2.45, 2.75) is 12.5 Å². The molecule has 0 aliphatic carbocycles. The number of aliphatic hydroxyl groups is 1. The first-order valence-electron chi connectivity index (χ1n) is 10.5. The molecule has 1 atom stereocenters. The van der Waals surface area contributed by atoms with E-state index < -0.39 is 29.3 Å². The number of carbonyl (C=O) groups is 2. The molecule has 1 unspecified atom stereocenters. The predicted molar refractivity (Wildman–Crippen MR) is 120 cm³/mol. The summed E-state index contributed by atoms with van der Waals surface area (Å²) in [5.74, 6) is -2.94. The molecule has 3 aromatic rings. The van der Waals surface area contributed by atoms with E-state index in [1.165, 1.54) is 39.8 Å². The summed E-state index contributed by atoms with van der Waals surface area (Å²) in [7, 11) is 5.37. The third kappa shape index (κ3) is 4.07. The highest BCUT2D eigenvalue weighted by Crippen LogP contribution is 2.39. The van der Waals surface area contributed by atoms with Crippen LogP contribution in [0.5, 0.6) is 0 Å². The zero-order valence-corrected chi connectivity index (χ0v) is 18.5. The van der Waals surface area contributed by atoms with Gasteiger partial charge in [-0.05, 0) is 63.0 Å². The molecule has 2 aromatic carbocycles. The molecule has 0 radical (unpaired) electrons. The number of aromatic nitrogens is 1. The van der Waals surface area contributed by atoms with Gasteiger partial charge in [-0.25, -0.2) is 9.18 Å². The topological polar surface area (TPSA) is 96.0 Å². The van der Waals surface area contributed by atoms with Crippen LogP contribution in [0.1, 0.15) is 23.6 Å². The van der Waals surface area contributed by atoms with Gasteiger partial charge in [0.1, 0.15) is 11.6 Å². The van der Waals surface area contributed by atoms with E-state index in [1.807, 2.05) is 19.0 Å². The smallest absolute Gasteiger partial charge is 0.419 e.